The average Bonchev–Trinajstić information content (AvgIpc) is 2.84. The highest BCUT2D eigenvalue weighted by Gasteiger charge is 2.38. The van der Waals surface area contributed by atoms with E-state index in [1.165, 1.54) is 6.26 Å². The minimum atomic E-state index is -3.23. The maximum absolute atomic E-state index is 11.9. The molecule has 0 amide bonds. The Kier molecular flexibility index (Phi) is 5.95. The van der Waals surface area contributed by atoms with Crippen molar-refractivity contribution < 1.29 is 8.42 Å². The third-order valence-corrected chi connectivity index (χ3v) is 6.59. The third kappa shape index (κ3) is 4.05. The number of sulfone groups is 1. The van der Waals surface area contributed by atoms with Crippen molar-refractivity contribution in [2.24, 2.45) is 5.84 Å². The first kappa shape index (κ1) is 18.1. The van der Waals surface area contributed by atoms with Gasteiger partial charge in [0.2, 0.25) is 0 Å². The second kappa shape index (κ2) is 6.89. The van der Waals surface area contributed by atoms with Crippen molar-refractivity contribution in [1.29, 1.82) is 0 Å². The van der Waals surface area contributed by atoms with Crippen molar-refractivity contribution >= 4 is 9.84 Å². The van der Waals surface area contributed by atoms with E-state index >= 15 is 0 Å². The molecule has 21 heavy (non-hydrogen) atoms. The van der Waals surface area contributed by atoms with Gasteiger partial charge in [0.05, 0.1) is 16.5 Å². The number of nitrogens with two attached hydrogens (primary N) is 1. The molecule has 0 aliphatic rings. The number of rotatable bonds is 8. The van der Waals surface area contributed by atoms with Gasteiger partial charge in [0, 0.05) is 24.9 Å². The number of hydrogen-bond acceptors (Lipinski definition) is 5. The first-order valence-corrected chi connectivity index (χ1v) is 9.26. The quantitative estimate of drug-likeness (QED) is 0.559. The summed E-state index contributed by atoms with van der Waals surface area (Å²) in [5, 5.41) is 4.56. The fourth-order valence-electron chi connectivity index (χ4n) is 2.33. The van der Waals surface area contributed by atoms with Gasteiger partial charge >= 0.3 is 0 Å². The van der Waals surface area contributed by atoms with E-state index in [9.17, 15) is 8.42 Å². The van der Waals surface area contributed by atoms with Crippen LogP contribution in [-0.2, 0) is 16.3 Å². The zero-order valence-corrected chi connectivity index (χ0v) is 14.4. The fourth-order valence-corrected chi connectivity index (χ4v) is 2.99. The van der Waals surface area contributed by atoms with Crippen molar-refractivity contribution in [2.45, 2.75) is 63.8 Å². The Labute approximate surface area is 128 Å². The predicted molar refractivity (Wildman–Crippen MR) is 85.6 cm³/mol. The van der Waals surface area contributed by atoms with Crippen LogP contribution in [0.1, 0.15) is 52.3 Å². The summed E-state index contributed by atoms with van der Waals surface area (Å²) in [5.74, 6) is 5.57. The molecule has 1 heterocycles. The topological polar surface area (TPSA) is 90.0 Å². The molecule has 1 rings (SSSR count). The van der Waals surface area contributed by atoms with Crippen molar-refractivity contribution in [3.63, 3.8) is 0 Å². The zero-order valence-electron chi connectivity index (χ0n) is 13.6. The Morgan fingerprint density at radius 3 is 2.38 bits per heavy atom. The summed E-state index contributed by atoms with van der Waals surface area (Å²) in [6.45, 7) is 7.63. The van der Waals surface area contributed by atoms with Gasteiger partial charge in [-0.1, -0.05) is 13.8 Å². The van der Waals surface area contributed by atoms with Crippen LogP contribution in [0, 0.1) is 0 Å². The van der Waals surface area contributed by atoms with E-state index < -0.39 is 20.6 Å². The Morgan fingerprint density at radius 1 is 1.38 bits per heavy atom. The van der Waals surface area contributed by atoms with Crippen LogP contribution in [0.3, 0.4) is 0 Å². The summed E-state index contributed by atoms with van der Waals surface area (Å²) in [6, 6.07) is 1.92. The minimum Gasteiger partial charge on any atom is -0.271 e. The van der Waals surface area contributed by atoms with Crippen LogP contribution < -0.4 is 11.3 Å². The Bertz CT molecular complexity index is 547. The highest BCUT2D eigenvalue weighted by Crippen LogP contribution is 2.23. The standard InChI is InChI=1S/C14H28N4O2S/c1-6-12(7-2)18-9-8-11(17-18)10-13(16-15)14(3,4)21(5,19)20/h8-9,12-13,16H,6-7,10,15H2,1-5H3. The molecular weight excluding hydrogens is 288 g/mol. The highest BCUT2D eigenvalue weighted by atomic mass is 32.2. The molecule has 0 radical (unpaired) electrons. The summed E-state index contributed by atoms with van der Waals surface area (Å²) in [7, 11) is -3.23. The molecule has 122 valence electrons. The van der Waals surface area contributed by atoms with Gasteiger partial charge < -0.3 is 0 Å². The number of nitrogens with zero attached hydrogens (tertiary/aromatic N) is 2. The van der Waals surface area contributed by atoms with Gasteiger partial charge in [-0.15, -0.1) is 0 Å². The fraction of sp³-hybridized carbons (Fsp3) is 0.786. The minimum absolute atomic E-state index is 0.381. The van der Waals surface area contributed by atoms with E-state index in [4.69, 9.17) is 5.84 Å². The molecule has 0 aliphatic carbocycles. The van der Waals surface area contributed by atoms with E-state index in [-0.39, 0.29) is 0 Å². The lowest BCUT2D eigenvalue weighted by Gasteiger charge is -2.31. The van der Waals surface area contributed by atoms with Crippen molar-refractivity contribution in [3.05, 3.63) is 18.0 Å². The van der Waals surface area contributed by atoms with Crippen molar-refractivity contribution in [1.82, 2.24) is 15.2 Å². The molecule has 0 aliphatic heterocycles. The Balaban J connectivity index is 2.93. The van der Waals surface area contributed by atoms with Crippen molar-refractivity contribution in [3.8, 4) is 0 Å². The summed E-state index contributed by atoms with van der Waals surface area (Å²) >= 11 is 0. The monoisotopic (exact) mass is 316 g/mol. The summed E-state index contributed by atoms with van der Waals surface area (Å²) in [4.78, 5) is 0. The van der Waals surface area contributed by atoms with Crippen molar-refractivity contribution in [2.75, 3.05) is 6.26 Å². The maximum atomic E-state index is 11.9. The Morgan fingerprint density at radius 2 is 1.95 bits per heavy atom. The van der Waals surface area contributed by atoms with E-state index in [2.05, 4.69) is 24.4 Å². The molecule has 1 aromatic heterocycles. The van der Waals surface area contributed by atoms with Gasteiger partial charge in [0.1, 0.15) is 0 Å². The molecule has 0 spiro atoms. The predicted octanol–water partition coefficient (Wildman–Crippen LogP) is 1.44. The van der Waals surface area contributed by atoms with E-state index in [1.807, 2.05) is 16.9 Å². The average molecular weight is 316 g/mol. The van der Waals surface area contributed by atoms with E-state index in [0.29, 0.717) is 12.5 Å². The molecule has 0 aromatic carbocycles. The number of hydrazine groups is 1. The second-order valence-electron chi connectivity index (χ2n) is 6.06. The molecule has 0 saturated heterocycles. The SMILES string of the molecule is CCC(CC)n1ccc(CC(NN)C(C)(C)S(C)(=O)=O)n1. The number of aromatic nitrogens is 2. The van der Waals surface area contributed by atoms with Gasteiger partial charge in [-0.2, -0.15) is 5.10 Å². The molecule has 1 aromatic rings. The van der Waals surface area contributed by atoms with Crippen LogP contribution in [0.15, 0.2) is 12.3 Å². The maximum Gasteiger partial charge on any atom is 0.154 e. The lowest BCUT2D eigenvalue weighted by atomic mass is 9.99. The summed E-state index contributed by atoms with van der Waals surface area (Å²) < 4.78 is 24.9. The molecule has 0 fully saturated rings. The first-order chi connectivity index (χ1) is 9.67. The van der Waals surface area contributed by atoms with Crippen LogP contribution in [0.4, 0.5) is 0 Å². The highest BCUT2D eigenvalue weighted by molar-refractivity contribution is 7.92. The zero-order chi connectivity index (χ0) is 16.3. The van der Waals surface area contributed by atoms with Gasteiger partial charge in [0.15, 0.2) is 9.84 Å². The molecule has 3 N–H and O–H groups in total. The van der Waals surface area contributed by atoms with Gasteiger partial charge in [-0.05, 0) is 32.8 Å². The number of nitrogens with one attached hydrogen (secondary N) is 1. The van der Waals surface area contributed by atoms with Crippen LogP contribution in [0.5, 0.6) is 0 Å². The van der Waals surface area contributed by atoms with Gasteiger partial charge in [-0.3, -0.25) is 16.0 Å². The Hall–Kier alpha value is -0.920. The first-order valence-electron chi connectivity index (χ1n) is 7.37. The molecular formula is C14H28N4O2S. The normalized spacial score (nSPS) is 14.6. The molecule has 0 bridgehead atoms. The molecule has 1 atom stereocenters. The lowest BCUT2D eigenvalue weighted by Crippen LogP contribution is -2.55. The van der Waals surface area contributed by atoms with Crippen LogP contribution in [0.2, 0.25) is 0 Å². The lowest BCUT2D eigenvalue weighted by molar-refractivity contribution is 0.398. The molecule has 0 saturated carbocycles. The van der Waals surface area contributed by atoms with Crippen LogP contribution >= 0.6 is 0 Å². The summed E-state index contributed by atoms with van der Waals surface area (Å²) in [5.41, 5.74) is 3.48. The van der Waals surface area contributed by atoms with Gasteiger partial charge in [-0.25, -0.2) is 8.42 Å². The third-order valence-electron chi connectivity index (χ3n) is 4.39. The largest absolute Gasteiger partial charge is 0.271 e. The molecule has 6 nitrogen and oxygen atoms in total. The van der Waals surface area contributed by atoms with Crippen LogP contribution in [-0.4, -0.2) is 35.2 Å². The molecule has 7 heteroatoms. The van der Waals surface area contributed by atoms with Gasteiger partial charge in [0.25, 0.3) is 0 Å². The smallest absolute Gasteiger partial charge is 0.154 e. The number of hydrogen-bond donors (Lipinski definition) is 2. The summed E-state index contributed by atoms with van der Waals surface area (Å²) in [6.07, 6.45) is 5.70. The van der Waals surface area contributed by atoms with E-state index in [0.717, 1.165) is 18.5 Å². The van der Waals surface area contributed by atoms with Crippen LogP contribution in [0.25, 0.3) is 0 Å². The molecule has 1 unspecified atom stereocenters. The second-order valence-corrected chi connectivity index (χ2v) is 8.65. The van der Waals surface area contributed by atoms with E-state index in [1.54, 1.807) is 13.8 Å².